The van der Waals surface area contributed by atoms with Crippen LogP contribution >= 0.6 is 0 Å². The minimum Gasteiger partial charge on any atom is -0.383 e. The monoisotopic (exact) mass is 436 g/mol. The Balaban J connectivity index is 1.84. The first-order valence-electron chi connectivity index (χ1n) is 11.8. The standard InChI is InChI=1S/C26H36N4O2/c1-5-29(6-2)17-15-27-21-13-9-11-19-23(21)25(31)20-12-10-14-22(24(20)26(19)32)28-16-18-30(7-3)8-4/h9-14,27-28H,5-8,15-18H2,1-4H3. The molecule has 6 heteroatoms. The molecule has 0 heterocycles. The summed E-state index contributed by atoms with van der Waals surface area (Å²) < 4.78 is 0. The Morgan fingerprint density at radius 1 is 0.625 bits per heavy atom. The molecule has 3 rings (SSSR count). The van der Waals surface area contributed by atoms with E-state index in [1.807, 2.05) is 24.3 Å². The third kappa shape index (κ3) is 5.03. The molecule has 2 aromatic rings. The molecule has 2 aromatic carbocycles. The molecule has 0 aliphatic heterocycles. The van der Waals surface area contributed by atoms with Crippen molar-refractivity contribution in [2.45, 2.75) is 27.7 Å². The van der Waals surface area contributed by atoms with Crippen molar-refractivity contribution < 1.29 is 9.59 Å². The summed E-state index contributed by atoms with van der Waals surface area (Å²) in [5.41, 5.74) is 3.41. The zero-order valence-corrected chi connectivity index (χ0v) is 19.8. The van der Waals surface area contributed by atoms with Gasteiger partial charge in [0.25, 0.3) is 0 Å². The molecule has 6 nitrogen and oxygen atoms in total. The van der Waals surface area contributed by atoms with Gasteiger partial charge in [0.05, 0.1) is 11.1 Å². The molecule has 0 atom stereocenters. The molecule has 0 radical (unpaired) electrons. The van der Waals surface area contributed by atoms with Crippen LogP contribution in [0.15, 0.2) is 36.4 Å². The molecule has 1 aliphatic carbocycles. The van der Waals surface area contributed by atoms with Crippen LogP contribution in [0.1, 0.15) is 59.5 Å². The van der Waals surface area contributed by atoms with Gasteiger partial charge >= 0.3 is 0 Å². The van der Waals surface area contributed by atoms with Gasteiger partial charge in [-0.15, -0.1) is 0 Å². The summed E-state index contributed by atoms with van der Waals surface area (Å²) in [5, 5.41) is 6.78. The second-order valence-electron chi connectivity index (χ2n) is 8.02. The predicted octanol–water partition coefficient (Wildman–Crippen LogP) is 3.97. The maximum atomic E-state index is 13.5. The molecular formula is C26H36N4O2. The van der Waals surface area contributed by atoms with Crippen LogP contribution in [0.2, 0.25) is 0 Å². The van der Waals surface area contributed by atoms with Crippen molar-refractivity contribution in [1.82, 2.24) is 9.80 Å². The molecular weight excluding hydrogens is 400 g/mol. The molecule has 0 unspecified atom stereocenters. The minimum absolute atomic E-state index is 0.0899. The van der Waals surface area contributed by atoms with Gasteiger partial charge in [0, 0.05) is 48.7 Å². The summed E-state index contributed by atoms with van der Waals surface area (Å²) in [6.45, 7) is 15.7. The van der Waals surface area contributed by atoms with E-state index >= 15 is 0 Å². The van der Waals surface area contributed by atoms with Crippen LogP contribution in [0, 0.1) is 0 Å². The third-order valence-corrected chi connectivity index (χ3v) is 6.35. The second kappa shape index (κ2) is 11.2. The fourth-order valence-electron chi connectivity index (χ4n) is 4.31. The number of carbonyl (C=O) groups is 2. The van der Waals surface area contributed by atoms with E-state index in [9.17, 15) is 9.59 Å². The number of nitrogens with zero attached hydrogens (tertiary/aromatic N) is 2. The highest BCUT2D eigenvalue weighted by molar-refractivity contribution is 6.31. The van der Waals surface area contributed by atoms with Crippen LogP contribution in [0.25, 0.3) is 0 Å². The lowest BCUT2D eigenvalue weighted by atomic mass is 9.82. The highest BCUT2D eigenvalue weighted by Crippen LogP contribution is 2.35. The summed E-state index contributed by atoms with van der Waals surface area (Å²) in [7, 11) is 0. The summed E-state index contributed by atoms with van der Waals surface area (Å²) in [5.74, 6) is -0.180. The Morgan fingerprint density at radius 3 is 1.34 bits per heavy atom. The van der Waals surface area contributed by atoms with Gasteiger partial charge < -0.3 is 20.4 Å². The highest BCUT2D eigenvalue weighted by Gasteiger charge is 2.33. The number of benzene rings is 2. The Hall–Kier alpha value is -2.70. The molecule has 2 N–H and O–H groups in total. The molecule has 0 amide bonds. The van der Waals surface area contributed by atoms with Gasteiger partial charge in [-0.25, -0.2) is 0 Å². The van der Waals surface area contributed by atoms with Crippen molar-refractivity contribution in [3.05, 3.63) is 58.7 Å². The zero-order valence-electron chi connectivity index (χ0n) is 19.8. The van der Waals surface area contributed by atoms with E-state index in [0.717, 1.165) is 63.7 Å². The van der Waals surface area contributed by atoms with Gasteiger partial charge in [-0.2, -0.15) is 0 Å². The number of rotatable bonds is 12. The second-order valence-corrected chi connectivity index (χ2v) is 8.02. The van der Waals surface area contributed by atoms with Crippen molar-refractivity contribution in [1.29, 1.82) is 0 Å². The molecule has 0 saturated carbocycles. The smallest absolute Gasteiger partial charge is 0.196 e. The molecule has 0 saturated heterocycles. The molecule has 0 spiro atoms. The van der Waals surface area contributed by atoms with Crippen LogP contribution < -0.4 is 10.6 Å². The lowest BCUT2D eigenvalue weighted by molar-refractivity contribution is 0.0980. The maximum absolute atomic E-state index is 13.5. The summed E-state index contributed by atoms with van der Waals surface area (Å²) in [6.07, 6.45) is 0. The van der Waals surface area contributed by atoms with Crippen molar-refractivity contribution in [3.8, 4) is 0 Å². The van der Waals surface area contributed by atoms with Crippen LogP contribution in [-0.4, -0.2) is 73.7 Å². The van der Waals surface area contributed by atoms with Crippen molar-refractivity contribution >= 4 is 22.9 Å². The molecule has 0 aromatic heterocycles. The van der Waals surface area contributed by atoms with E-state index in [1.54, 1.807) is 12.1 Å². The number of carbonyl (C=O) groups excluding carboxylic acids is 2. The average molecular weight is 437 g/mol. The van der Waals surface area contributed by atoms with Crippen molar-refractivity contribution in [2.24, 2.45) is 0 Å². The topological polar surface area (TPSA) is 64.7 Å². The molecule has 1 aliphatic rings. The lowest BCUT2D eigenvalue weighted by Gasteiger charge is -2.24. The van der Waals surface area contributed by atoms with E-state index < -0.39 is 0 Å². The Kier molecular flexibility index (Phi) is 8.42. The summed E-state index contributed by atoms with van der Waals surface area (Å²) in [6, 6.07) is 11.0. The first kappa shape index (κ1) is 24.0. The van der Waals surface area contributed by atoms with Crippen LogP contribution in [0.3, 0.4) is 0 Å². The first-order chi connectivity index (χ1) is 15.5. The van der Waals surface area contributed by atoms with Crippen LogP contribution in [0.4, 0.5) is 11.4 Å². The highest BCUT2D eigenvalue weighted by atomic mass is 16.1. The zero-order chi connectivity index (χ0) is 23.1. The van der Waals surface area contributed by atoms with Gasteiger partial charge in [-0.1, -0.05) is 52.0 Å². The summed E-state index contributed by atoms with van der Waals surface area (Å²) in [4.78, 5) is 31.6. The number of ketones is 2. The number of hydrogen-bond acceptors (Lipinski definition) is 6. The molecule has 32 heavy (non-hydrogen) atoms. The number of nitrogens with one attached hydrogen (secondary N) is 2. The Morgan fingerprint density at radius 2 is 1.00 bits per heavy atom. The van der Waals surface area contributed by atoms with Crippen LogP contribution in [-0.2, 0) is 0 Å². The Labute approximate surface area is 192 Å². The van der Waals surface area contributed by atoms with Crippen molar-refractivity contribution in [2.75, 3.05) is 63.0 Å². The fourth-order valence-corrected chi connectivity index (χ4v) is 4.31. The normalized spacial score (nSPS) is 12.8. The quantitative estimate of drug-likeness (QED) is 0.448. The maximum Gasteiger partial charge on any atom is 0.196 e. The fraction of sp³-hybridized carbons (Fsp3) is 0.462. The van der Waals surface area contributed by atoms with E-state index in [4.69, 9.17) is 0 Å². The van der Waals surface area contributed by atoms with E-state index in [2.05, 4.69) is 48.1 Å². The molecule has 0 fully saturated rings. The van der Waals surface area contributed by atoms with Gasteiger partial charge in [0.15, 0.2) is 11.6 Å². The van der Waals surface area contributed by atoms with Gasteiger partial charge in [0.2, 0.25) is 0 Å². The van der Waals surface area contributed by atoms with E-state index in [-0.39, 0.29) is 11.6 Å². The number of fused-ring (bicyclic) bond motifs is 2. The van der Waals surface area contributed by atoms with Crippen molar-refractivity contribution in [3.63, 3.8) is 0 Å². The van der Waals surface area contributed by atoms with E-state index in [1.165, 1.54) is 0 Å². The molecule has 0 bridgehead atoms. The SMILES string of the molecule is CCN(CC)CCNc1cccc2c1C(=O)c1cccc(NCCN(CC)CC)c1C2=O. The first-order valence-corrected chi connectivity index (χ1v) is 11.8. The van der Waals surface area contributed by atoms with Gasteiger partial charge in [0.1, 0.15) is 0 Å². The van der Waals surface area contributed by atoms with Gasteiger partial charge in [-0.3, -0.25) is 9.59 Å². The largest absolute Gasteiger partial charge is 0.383 e. The predicted molar refractivity (Wildman–Crippen MR) is 132 cm³/mol. The summed E-state index contributed by atoms with van der Waals surface area (Å²) >= 11 is 0. The Bertz CT molecular complexity index is 871. The van der Waals surface area contributed by atoms with E-state index in [0.29, 0.717) is 22.3 Å². The number of likely N-dealkylation sites (N-methyl/N-ethyl adjacent to an activating group) is 2. The minimum atomic E-state index is -0.0899. The lowest BCUT2D eigenvalue weighted by Crippen LogP contribution is -2.30. The van der Waals surface area contributed by atoms with Gasteiger partial charge in [-0.05, 0) is 38.3 Å². The third-order valence-electron chi connectivity index (χ3n) is 6.35. The average Bonchev–Trinajstić information content (AvgIpc) is 2.82. The van der Waals surface area contributed by atoms with Crippen LogP contribution in [0.5, 0.6) is 0 Å². The molecule has 172 valence electrons. The number of anilines is 2. The number of hydrogen-bond donors (Lipinski definition) is 2.